The first-order chi connectivity index (χ1) is 10.3. The van der Waals surface area contributed by atoms with Gasteiger partial charge in [0.2, 0.25) is 5.75 Å². The fourth-order valence-corrected chi connectivity index (χ4v) is 5.04. The van der Waals surface area contributed by atoms with Gasteiger partial charge in [-0.15, -0.1) is 0 Å². The Morgan fingerprint density at radius 3 is 3.10 bits per heavy atom. The molecule has 5 nitrogen and oxygen atoms in total. The van der Waals surface area contributed by atoms with E-state index < -0.39 is 6.10 Å². The van der Waals surface area contributed by atoms with Crippen molar-refractivity contribution in [3.05, 3.63) is 35.4 Å². The van der Waals surface area contributed by atoms with E-state index in [9.17, 15) is 5.11 Å². The zero-order valence-electron chi connectivity index (χ0n) is 11.5. The van der Waals surface area contributed by atoms with Gasteiger partial charge in [0.05, 0.1) is 0 Å². The second-order valence-corrected chi connectivity index (χ2v) is 6.51. The minimum Gasteiger partial charge on any atom is -0.482 e. The van der Waals surface area contributed by atoms with E-state index in [-0.39, 0.29) is 11.5 Å². The lowest BCUT2D eigenvalue weighted by atomic mass is 9.54. The smallest absolute Gasteiger partial charge is 0.207 e. The van der Waals surface area contributed by atoms with Crippen LogP contribution >= 0.6 is 0 Å². The first-order valence-corrected chi connectivity index (χ1v) is 7.50. The molecule has 0 unspecified atom stereocenters. The Labute approximate surface area is 122 Å². The van der Waals surface area contributed by atoms with E-state index in [0.717, 1.165) is 24.9 Å². The highest BCUT2D eigenvalue weighted by Crippen LogP contribution is 2.61. The molecule has 3 N–H and O–H groups in total. The van der Waals surface area contributed by atoms with Gasteiger partial charge in [-0.2, -0.15) is 0 Å². The number of aliphatic hydroxyl groups excluding tert-OH is 1. The van der Waals surface area contributed by atoms with Crippen molar-refractivity contribution in [2.45, 2.75) is 36.5 Å². The van der Waals surface area contributed by atoms with Gasteiger partial charge in [-0.05, 0) is 31.0 Å². The lowest BCUT2D eigenvalue weighted by Gasteiger charge is -2.53. The summed E-state index contributed by atoms with van der Waals surface area (Å²) >= 11 is 0. The summed E-state index contributed by atoms with van der Waals surface area (Å²) in [5.41, 5.74) is 2.19. The van der Waals surface area contributed by atoms with Crippen molar-refractivity contribution < 1.29 is 20.0 Å². The van der Waals surface area contributed by atoms with Crippen molar-refractivity contribution in [3.8, 4) is 11.5 Å². The summed E-state index contributed by atoms with van der Waals surface area (Å²) in [6.45, 7) is 0.921. The van der Waals surface area contributed by atoms with Gasteiger partial charge in [-0.1, -0.05) is 18.2 Å². The van der Waals surface area contributed by atoms with Crippen molar-refractivity contribution >= 4 is 0 Å². The molecule has 21 heavy (non-hydrogen) atoms. The molecule has 5 heteroatoms. The van der Waals surface area contributed by atoms with E-state index >= 15 is 0 Å². The number of benzene rings is 1. The molecule has 110 valence electrons. The normalized spacial score (nSPS) is 41.4. The van der Waals surface area contributed by atoms with E-state index in [2.05, 4.69) is 16.3 Å². The fourth-order valence-electron chi connectivity index (χ4n) is 5.04. The van der Waals surface area contributed by atoms with E-state index in [0.29, 0.717) is 23.5 Å². The van der Waals surface area contributed by atoms with Gasteiger partial charge in [-0.3, -0.25) is 0 Å². The summed E-state index contributed by atoms with van der Waals surface area (Å²) in [6.07, 6.45) is 4.95. The Hall–Kier alpha value is -1.56. The van der Waals surface area contributed by atoms with Gasteiger partial charge in [0.15, 0.2) is 5.75 Å². The number of hydrogen-bond acceptors (Lipinski definition) is 5. The molecule has 5 atom stereocenters. The first kappa shape index (κ1) is 12.0. The zero-order chi connectivity index (χ0) is 14.2. The Balaban J connectivity index is 1.84. The van der Waals surface area contributed by atoms with Crippen LogP contribution in [0.2, 0.25) is 0 Å². The second kappa shape index (κ2) is 3.80. The third-order valence-corrected chi connectivity index (χ3v) is 5.76. The zero-order valence-corrected chi connectivity index (χ0v) is 11.5. The summed E-state index contributed by atoms with van der Waals surface area (Å²) in [6, 6.07) is 4.14. The van der Waals surface area contributed by atoms with Crippen LogP contribution < -0.4 is 14.9 Å². The fraction of sp³-hybridized carbons (Fsp3) is 0.500. The molecule has 1 saturated heterocycles. The maximum Gasteiger partial charge on any atom is 0.207 e. The third-order valence-electron chi connectivity index (χ3n) is 5.76. The van der Waals surface area contributed by atoms with Crippen LogP contribution in [0.5, 0.6) is 11.5 Å². The van der Waals surface area contributed by atoms with Crippen LogP contribution in [0.1, 0.15) is 17.5 Å². The first-order valence-electron chi connectivity index (χ1n) is 7.50. The molecule has 4 aliphatic rings. The largest absolute Gasteiger partial charge is 0.482 e. The monoisotopic (exact) mass is 287 g/mol. The van der Waals surface area contributed by atoms with E-state index in [1.165, 1.54) is 5.56 Å². The molecule has 1 spiro atoms. The minimum absolute atomic E-state index is 0.193. The molecule has 1 fully saturated rings. The van der Waals surface area contributed by atoms with Crippen LogP contribution in [-0.4, -0.2) is 35.2 Å². The van der Waals surface area contributed by atoms with Gasteiger partial charge in [-0.25, -0.2) is 5.26 Å². The van der Waals surface area contributed by atoms with Crippen LogP contribution in [0.25, 0.3) is 0 Å². The topological polar surface area (TPSA) is 71.0 Å². The molecule has 1 aromatic rings. The van der Waals surface area contributed by atoms with Gasteiger partial charge in [0.1, 0.15) is 12.2 Å². The number of piperidine rings is 1. The maximum atomic E-state index is 10.4. The van der Waals surface area contributed by atoms with Crippen molar-refractivity contribution in [3.63, 3.8) is 0 Å². The van der Waals surface area contributed by atoms with Crippen molar-refractivity contribution in [2.24, 2.45) is 5.92 Å². The van der Waals surface area contributed by atoms with Crippen molar-refractivity contribution in [1.29, 1.82) is 0 Å². The highest BCUT2D eigenvalue weighted by Gasteiger charge is 2.63. The molecule has 5 rings (SSSR count). The summed E-state index contributed by atoms with van der Waals surface area (Å²) in [5.74, 6) is 1.29. The average Bonchev–Trinajstić information content (AvgIpc) is 2.83. The average molecular weight is 287 g/mol. The Morgan fingerprint density at radius 2 is 2.24 bits per heavy atom. The molecular formula is C16H17NO4. The van der Waals surface area contributed by atoms with Crippen LogP contribution in [0, 0.1) is 5.92 Å². The van der Waals surface area contributed by atoms with Crippen LogP contribution in [0.4, 0.5) is 0 Å². The maximum absolute atomic E-state index is 10.4. The number of hydrogen-bond donors (Lipinski definition) is 3. The number of rotatable bonds is 1. The van der Waals surface area contributed by atoms with Crippen molar-refractivity contribution in [1.82, 2.24) is 5.32 Å². The lowest BCUT2D eigenvalue weighted by molar-refractivity contribution is -0.139. The molecule has 2 aliphatic heterocycles. The molecule has 0 radical (unpaired) electrons. The molecule has 2 heterocycles. The van der Waals surface area contributed by atoms with Crippen LogP contribution in [0.3, 0.4) is 0 Å². The lowest BCUT2D eigenvalue weighted by Crippen LogP contribution is -2.64. The summed E-state index contributed by atoms with van der Waals surface area (Å²) in [5, 5.41) is 23.2. The minimum atomic E-state index is -0.620. The van der Waals surface area contributed by atoms with Crippen LogP contribution in [0.15, 0.2) is 24.3 Å². The Kier molecular flexibility index (Phi) is 2.17. The van der Waals surface area contributed by atoms with Gasteiger partial charge in [0.25, 0.3) is 0 Å². The van der Waals surface area contributed by atoms with Gasteiger partial charge < -0.3 is 20.0 Å². The molecule has 2 aliphatic carbocycles. The highest BCUT2D eigenvalue weighted by atomic mass is 17.1. The number of nitrogens with one attached hydrogen (secondary N) is 1. The SMILES string of the molecule is OOc1ccc2c3c1O[C@H]1[C@@H](O)C=C[C@H]4[C@@H](C2)NCC[C@@]341. The standard InChI is InChI=1S/C16H17NO4/c18-11-3-2-9-10-7-8-1-4-12(21-19)14-13(8)16(9,5-6-17-10)15(11)20-14/h1-4,9-11,15,17-19H,5-7H2/t9-,10+,11-,15-,16-/m0/s1. The Morgan fingerprint density at radius 1 is 1.33 bits per heavy atom. The third kappa shape index (κ3) is 1.24. The van der Waals surface area contributed by atoms with Crippen LogP contribution in [-0.2, 0) is 11.8 Å². The van der Waals surface area contributed by atoms with Gasteiger partial charge in [0, 0.05) is 22.9 Å². The highest BCUT2D eigenvalue weighted by molar-refractivity contribution is 5.62. The van der Waals surface area contributed by atoms with E-state index in [1.807, 2.05) is 12.1 Å². The second-order valence-electron chi connectivity index (χ2n) is 6.51. The molecule has 0 saturated carbocycles. The number of aliphatic hydroxyl groups is 1. The number of ether oxygens (including phenoxy) is 1. The quantitative estimate of drug-likeness (QED) is 0.408. The summed E-state index contributed by atoms with van der Waals surface area (Å²) < 4.78 is 6.10. The van der Waals surface area contributed by atoms with E-state index in [4.69, 9.17) is 9.99 Å². The predicted octanol–water partition coefficient (Wildman–Crippen LogP) is 1.00. The molecule has 0 aromatic heterocycles. The molecule has 2 bridgehead atoms. The molecule has 1 aromatic carbocycles. The molecular weight excluding hydrogens is 270 g/mol. The van der Waals surface area contributed by atoms with Gasteiger partial charge >= 0.3 is 0 Å². The molecule has 0 amide bonds. The predicted molar refractivity (Wildman–Crippen MR) is 74.5 cm³/mol. The van der Waals surface area contributed by atoms with E-state index in [1.54, 1.807) is 6.07 Å². The summed E-state index contributed by atoms with van der Waals surface area (Å²) in [4.78, 5) is 4.50. The summed E-state index contributed by atoms with van der Waals surface area (Å²) in [7, 11) is 0. The Bertz CT molecular complexity index is 658. The van der Waals surface area contributed by atoms with Crippen molar-refractivity contribution in [2.75, 3.05) is 6.54 Å².